The summed E-state index contributed by atoms with van der Waals surface area (Å²) in [6, 6.07) is 9.38. The highest BCUT2D eigenvalue weighted by atomic mass is 16.2. The number of para-hydroxylation sites is 1. The third-order valence-electron chi connectivity index (χ3n) is 5.63. The van der Waals surface area contributed by atoms with E-state index in [4.69, 9.17) is 5.73 Å². The molecule has 1 aromatic carbocycles. The molecule has 26 heavy (non-hydrogen) atoms. The highest BCUT2D eigenvalue weighted by Gasteiger charge is 2.31. The normalized spacial score (nSPS) is 25.7. The van der Waals surface area contributed by atoms with Crippen LogP contribution in [0.15, 0.2) is 30.3 Å². The minimum atomic E-state index is -0.230. The molecule has 2 fully saturated rings. The number of carbonyl (C=O) groups is 2. The summed E-state index contributed by atoms with van der Waals surface area (Å²) < 4.78 is 0. The van der Waals surface area contributed by atoms with Crippen LogP contribution in [-0.4, -0.2) is 42.0 Å². The fourth-order valence-electron chi connectivity index (χ4n) is 4.11. The highest BCUT2D eigenvalue weighted by molar-refractivity contribution is 5.89. The van der Waals surface area contributed by atoms with E-state index in [0.29, 0.717) is 18.9 Å². The van der Waals surface area contributed by atoms with E-state index in [1.807, 2.05) is 35.2 Å². The van der Waals surface area contributed by atoms with Gasteiger partial charge in [0.05, 0.1) is 0 Å². The first-order chi connectivity index (χ1) is 12.6. The molecule has 0 aromatic heterocycles. The molecular weight excluding hydrogens is 328 g/mol. The van der Waals surface area contributed by atoms with Crippen LogP contribution in [0, 0.1) is 5.92 Å². The molecule has 6 heteroatoms. The number of hydrogen-bond donors (Lipinski definition) is 3. The van der Waals surface area contributed by atoms with Crippen molar-refractivity contribution in [1.82, 2.24) is 10.2 Å². The number of likely N-dealkylation sites (tertiary alicyclic amines) is 1. The van der Waals surface area contributed by atoms with Crippen molar-refractivity contribution in [3.8, 4) is 0 Å². The van der Waals surface area contributed by atoms with Crippen LogP contribution in [0.25, 0.3) is 0 Å². The van der Waals surface area contributed by atoms with Gasteiger partial charge in [-0.2, -0.15) is 0 Å². The Morgan fingerprint density at radius 3 is 2.62 bits per heavy atom. The molecule has 142 valence electrons. The number of piperidine rings is 1. The van der Waals surface area contributed by atoms with E-state index in [1.54, 1.807) is 0 Å². The van der Waals surface area contributed by atoms with E-state index in [0.717, 1.165) is 50.8 Å². The van der Waals surface area contributed by atoms with Crippen LogP contribution >= 0.6 is 0 Å². The van der Waals surface area contributed by atoms with Gasteiger partial charge in [-0.1, -0.05) is 24.6 Å². The molecule has 0 radical (unpaired) electrons. The summed E-state index contributed by atoms with van der Waals surface area (Å²) in [5.74, 6) is 0.515. The molecule has 3 amide bonds. The zero-order chi connectivity index (χ0) is 18.4. The summed E-state index contributed by atoms with van der Waals surface area (Å²) in [4.78, 5) is 26.9. The van der Waals surface area contributed by atoms with Crippen LogP contribution in [0.1, 0.15) is 44.9 Å². The molecule has 1 saturated heterocycles. The van der Waals surface area contributed by atoms with Crippen molar-refractivity contribution < 1.29 is 9.59 Å². The van der Waals surface area contributed by atoms with E-state index in [2.05, 4.69) is 10.6 Å². The van der Waals surface area contributed by atoms with Gasteiger partial charge in [-0.3, -0.25) is 4.79 Å². The van der Waals surface area contributed by atoms with Crippen molar-refractivity contribution in [2.45, 2.75) is 57.0 Å². The van der Waals surface area contributed by atoms with E-state index < -0.39 is 0 Å². The molecule has 1 aliphatic heterocycles. The second-order valence-corrected chi connectivity index (χ2v) is 7.50. The number of urea groups is 1. The Bertz CT molecular complexity index is 607. The lowest BCUT2D eigenvalue weighted by Gasteiger charge is -2.36. The monoisotopic (exact) mass is 358 g/mol. The lowest BCUT2D eigenvalue weighted by Crippen LogP contribution is -2.50. The molecule has 6 nitrogen and oxygen atoms in total. The van der Waals surface area contributed by atoms with Crippen LogP contribution in [0.4, 0.5) is 10.5 Å². The van der Waals surface area contributed by atoms with Crippen molar-refractivity contribution in [1.29, 1.82) is 0 Å². The highest BCUT2D eigenvalue weighted by Crippen LogP contribution is 2.28. The number of carbonyl (C=O) groups excluding carboxylic acids is 2. The molecule has 0 bridgehead atoms. The molecule has 4 N–H and O–H groups in total. The number of benzene rings is 1. The van der Waals surface area contributed by atoms with Gasteiger partial charge in [0.1, 0.15) is 0 Å². The number of nitrogens with zero attached hydrogens (tertiary/aromatic N) is 1. The van der Waals surface area contributed by atoms with Crippen LogP contribution in [0.5, 0.6) is 0 Å². The number of anilines is 1. The van der Waals surface area contributed by atoms with Gasteiger partial charge in [-0.05, 0) is 50.2 Å². The van der Waals surface area contributed by atoms with Gasteiger partial charge in [-0.15, -0.1) is 0 Å². The second-order valence-electron chi connectivity index (χ2n) is 7.50. The van der Waals surface area contributed by atoms with Crippen LogP contribution in [-0.2, 0) is 4.79 Å². The van der Waals surface area contributed by atoms with E-state index in [1.165, 1.54) is 0 Å². The Morgan fingerprint density at radius 2 is 1.88 bits per heavy atom. The van der Waals surface area contributed by atoms with Crippen LogP contribution in [0.2, 0.25) is 0 Å². The minimum Gasteiger partial charge on any atom is -0.338 e. The standard InChI is InChI=1S/C20H30N4O2/c21-18-11-6-7-15(18)13-19(25)24-12-5-4-10-17(24)14-22-20(26)23-16-8-2-1-3-9-16/h1-3,8-9,15,17-18H,4-7,10-14,21H2,(H2,22,23,26)/t15-,17?,18+/m0/s1. The van der Waals surface area contributed by atoms with Crippen molar-refractivity contribution >= 4 is 17.6 Å². The number of nitrogens with two attached hydrogens (primary N) is 1. The maximum absolute atomic E-state index is 12.8. The Hall–Kier alpha value is -2.08. The maximum atomic E-state index is 12.8. The van der Waals surface area contributed by atoms with Crippen molar-refractivity contribution in [2.75, 3.05) is 18.4 Å². The van der Waals surface area contributed by atoms with Gasteiger partial charge in [0.25, 0.3) is 0 Å². The smallest absolute Gasteiger partial charge is 0.319 e. The summed E-state index contributed by atoms with van der Waals surface area (Å²) >= 11 is 0. The number of rotatable bonds is 5. The van der Waals surface area contributed by atoms with Crippen LogP contribution < -0.4 is 16.4 Å². The Kier molecular flexibility index (Phi) is 6.50. The lowest BCUT2D eigenvalue weighted by molar-refractivity contribution is -0.135. The number of amides is 3. The second kappa shape index (κ2) is 9.03. The molecular formula is C20H30N4O2. The van der Waals surface area contributed by atoms with Crippen LogP contribution in [0.3, 0.4) is 0 Å². The Morgan fingerprint density at radius 1 is 1.08 bits per heavy atom. The zero-order valence-corrected chi connectivity index (χ0v) is 15.3. The fourth-order valence-corrected chi connectivity index (χ4v) is 4.11. The van der Waals surface area contributed by atoms with E-state index >= 15 is 0 Å². The minimum absolute atomic E-state index is 0.0791. The maximum Gasteiger partial charge on any atom is 0.319 e. The van der Waals surface area contributed by atoms with Gasteiger partial charge in [0.2, 0.25) is 5.91 Å². The molecule has 3 atom stereocenters. The topological polar surface area (TPSA) is 87.5 Å². The molecule has 1 unspecified atom stereocenters. The lowest BCUT2D eigenvalue weighted by atomic mass is 9.96. The first-order valence-electron chi connectivity index (χ1n) is 9.78. The zero-order valence-electron chi connectivity index (χ0n) is 15.3. The third kappa shape index (κ3) is 4.97. The van der Waals surface area contributed by atoms with Gasteiger partial charge in [0, 0.05) is 37.3 Å². The largest absolute Gasteiger partial charge is 0.338 e. The van der Waals surface area contributed by atoms with Gasteiger partial charge in [0.15, 0.2) is 0 Å². The van der Waals surface area contributed by atoms with Crippen molar-refractivity contribution in [3.05, 3.63) is 30.3 Å². The molecule has 0 spiro atoms. The number of nitrogens with one attached hydrogen (secondary N) is 2. The summed E-state index contributed by atoms with van der Waals surface area (Å²) in [7, 11) is 0. The molecule has 3 rings (SSSR count). The summed E-state index contributed by atoms with van der Waals surface area (Å²) in [5.41, 5.74) is 6.89. The summed E-state index contributed by atoms with van der Waals surface area (Å²) in [6.45, 7) is 1.27. The quantitative estimate of drug-likeness (QED) is 0.756. The van der Waals surface area contributed by atoms with E-state index in [9.17, 15) is 9.59 Å². The molecule has 1 aromatic rings. The summed E-state index contributed by atoms with van der Waals surface area (Å²) in [5, 5.41) is 5.74. The Labute approximate surface area is 155 Å². The van der Waals surface area contributed by atoms with E-state index in [-0.39, 0.29) is 24.0 Å². The SMILES string of the molecule is N[C@@H]1CCC[C@H]1CC(=O)N1CCCCC1CNC(=O)Nc1ccccc1. The van der Waals surface area contributed by atoms with Gasteiger partial charge in [-0.25, -0.2) is 4.79 Å². The van der Waals surface area contributed by atoms with Gasteiger partial charge < -0.3 is 21.3 Å². The molecule has 1 saturated carbocycles. The first kappa shape index (κ1) is 18.7. The Balaban J connectivity index is 1.50. The summed E-state index contributed by atoms with van der Waals surface area (Å²) in [6.07, 6.45) is 6.84. The van der Waals surface area contributed by atoms with Crippen molar-refractivity contribution in [3.63, 3.8) is 0 Å². The number of hydrogen-bond acceptors (Lipinski definition) is 3. The predicted octanol–water partition coefficient (Wildman–Crippen LogP) is 2.71. The molecule has 1 aliphatic carbocycles. The first-order valence-corrected chi connectivity index (χ1v) is 9.78. The average molecular weight is 358 g/mol. The van der Waals surface area contributed by atoms with Gasteiger partial charge >= 0.3 is 6.03 Å². The molecule has 2 aliphatic rings. The molecule has 1 heterocycles. The van der Waals surface area contributed by atoms with Crippen molar-refractivity contribution in [2.24, 2.45) is 11.7 Å². The predicted molar refractivity (Wildman–Crippen MR) is 103 cm³/mol. The fraction of sp³-hybridized carbons (Fsp3) is 0.600. The average Bonchev–Trinajstić information content (AvgIpc) is 3.05. The third-order valence-corrected chi connectivity index (χ3v) is 5.63.